The molecule has 1 aromatic carbocycles. The monoisotopic (exact) mass is 462 g/mol. The van der Waals surface area contributed by atoms with Crippen LogP contribution in [0, 0.1) is 5.92 Å². The zero-order chi connectivity index (χ0) is 24.7. The number of carbonyl (C=O) groups excluding carboxylic acids is 4. The SMILES string of the molecule is C=CNc1cccc(C(=O)NC2C(=O)O[C@@H](C)C(OC(=O)CC(C)C)CC(=O)OC2C)c1O. The minimum atomic E-state index is -1.36. The van der Waals surface area contributed by atoms with Crippen LogP contribution in [0.25, 0.3) is 0 Å². The predicted molar refractivity (Wildman–Crippen MR) is 118 cm³/mol. The van der Waals surface area contributed by atoms with Gasteiger partial charge in [0.1, 0.15) is 18.3 Å². The Kier molecular flexibility index (Phi) is 8.84. The van der Waals surface area contributed by atoms with Crippen molar-refractivity contribution in [2.75, 3.05) is 5.32 Å². The molecule has 1 fully saturated rings. The Morgan fingerprint density at radius 3 is 2.58 bits per heavy atom. The quantitative estimate of drug-likeness (QED) is 0.316. The van der Waals surface area contributed by atoms with E-state index in [-0.39, 0.29) is 35.8 Å². The van der Waals surface area contributed by atoms with Gasteiger partial charge in [0.15, 0.2) is 11.8 Å². The fourth-order valence-corrected chi connectivity index (χ4v) is 3.21. The first-order chi connectivity index (χ1) is 15.5. The molecule has 0 bridgehead atoms. The van der Waals surface area contributed by atoms with Crippen LogP contribution in [0.4, 0.5) is 5.69 Å². The number of hydrogen-bond acceptors (Lipinski definition) is 9. The van der Waals surface area contributed by atoms with Crippen molar-refractivity contribution < 1.29 is 38.5 Å². The van der Waals surface area contributed by atoms with Gasteiger partial charge in [-0.15, -0.1) is 0 Å². The van der Waals surface area contributed by atoms with E-state index in [1.807, 2.05) is 13.8 Å². The highest BCUT2D eigenvalue weighted by Crippen LogP contribution is 2.27. The molecule has 1 aliphatic rings. The highest BCUT2D eigenvalue weighted by Gasteiger charge is 2.38. The molecule has 10 nitrogen and oxygen atoms in total. The molecule has 0 aliphatic carbocycles. The molecule has 0 spiro atoms. The van der Waals surface area contributed by atoms with Gasteiger partial charge in [-0.2, -0.15) is 0 Å². The van der Waals surface area contributed by atoms with Crippen molar-refractivity contribution in [1.82, 2.24) is 5.32 Å². The minimum absolute atomic E-state index is 0.0508. The highest BCUT2D eigenvalue weighted by atomic mass is 16.6. The van der Waals surface area contributed by atoms with Crippen molar-refractivity contribution in [2.45, 2.75) is 64.9 Å². The summed E-state index contributed by atoms with van der Waals surface area (Å²) < 4.78 is 16.0. The van der Waals surface area contributed by atoms with E-state index in [0.717, 1.165) is 0 Å². The second-order valence-electron chi connectivity index (χ2n) is 8.17. The van der Waals surface area contributed by atoms with Crippen LogP contribution in [0.15, 0.2) is 31.0 Å². The number of cyclic esters (lactones) is 2. The fourth-order valence-electron chi connectivity index (χ4n) is 3.21. The predicted octanol–water partition coefficient (Wildman–Crippen LogP) is 2.27. The topological polar surface area (TPSA) is 140 Å². The third-order valence-electron chi connectivity index (χ3n) is 4.92. The number of rotatable bonds is 7. The average Bonchev–Trinajstić information content (AvgIpc) is 2.74. The van der Waals surface area contributed by atoms with Crippen molar-refractivity contribution in [2.24, 2.45) is 5.92 Å². The van der Waals surface area contributed by atoms with Crippen LogP contribution in [0.2, 0.25) is 0 Å². The number of ether oxygens (including phenoxy) is 3. The molecule has 1 heterocycles. The molecule has 2 rings (SSSR count). The van der Waals surface area contributed by atoms with Gasteiger partial charge in [-0.3, -0.25) is 14.4 Å². The normalized spacial score (nSPS) is 23.3. The molecule has 33 heavy (non-hydrogen) atoms. The Hall–Kier alpha value is -3.56. The number of benzene rings is 1. The van der Waals surface area contributed by atoms with Gasteiger partial charge >= 0.3 is 17.9 Å². The van der Waals surface area contributed by atoms with Crippen LogP contribution >= 0.6 is 0 Å². The van der Waals surface area contributed by atoms with Gasteiger partial charge in [0, 0.05) is 6.42 Å². The lowest BCUT2D eigenvalue weighted by molar-refractivity contribution is -0.169. The minimum Gasteiger partial charge on any atom is -0.505 e. The van der Waals surface area contributed by atoms with Crippen molar-refractivity contribution in [3.63, 3.8) is 0 Å². The van der Waals surface area contributed by atoms with E-state index >= 15 is 0 Å². The maximum absolute atomic E-state index is 12.8. The Balaban J connectivity index is 2.21. The van der Waals surface area contributed by atoms with Gasteiger partial charge in [-0.05, 0) is 38.1 Å². The van der Waals surface area contributed by atoms with E-state index in [2.05, 4.69) is 17.2 Å². The maximum Gasteiger partial charge on any atom is 0.332 e. The summed E-state index contributed by atoms with van der Waals surface area (Å²) in [6.07, 6.45) is -1.90. The molecule has 3 N–H and O–H groups in total. The van der Waals surface area contributed by atoms with Crippen molar-refractivity contribution >= 4 is 29.5 Å². The number of nitrogens with one attached hydrogen (secondary N) is 2. The molecule has 3 unspecified atom stereocenters. The van der Waals surface area contributed by atoms with Crippen molar-refractivity contribution in [1.29, 1.82) is 0 Å². The molecule has 1 amide bonds. The largest absolute Gasteiger partial charge is 0.505 e. The van der Waals surface area contributed by atoms with Gasteiger partial charge in [0.25, 0.3) is 5.91 Å². The van der Waals surface area contributed by atoms with Gasteiger partial charge in [-0.1, -0.05) is 26.5 Å². The Morgan fingerprint density at radius 1 is 1.24 bits per heavy atom. The molecular weight excluding hydrogens is 432 g/mol. The Labute approximate surface area is 192 Å². The number of carbonyl (C=O) groups is 4. The zero-order valence-corrected chi connectivity index (χ0v) is 19.1. The number of hydrogen-bond donors (Lipinski definition) is 3. The van der Waals surface area contributed by atoms with Crippen LogP contribution in [0.3, 0.4) is 0 Å². The van der Waals surface area contributed by atoms with Crippen LogP contribution in [0.5, 0.6) is 5.75 Å². The lowest BCUT2D eigenvalue weighted by Gasteiger charge is -2.25. The van der Waals surface area contributed by atoms with E-state index in [1.54, 1.807) is 0 Å². The fraction of sp³-hybridized carbons (Fsp3) is 0.478. The Morgan fingerprint density at radius 2 is 1.94 bits per heavy atom. The zero-order valence-electron chi connectivity index (χ0n) is 19.1. The number of esters is 3. The highest BCUT2D eigenvalue weighted by molar-refractivity contribution is 6.00. The number of phenols is 1. The molecule has 180 valence electrons. The first-order valence-electron chi connectivity index (χ1n) is 10.6. The summed E-state index contributed by atoms with van der Waals surface area (Å²) in [6.45, 7) is 10.1. The standard InChI is InChI=1S/C23H30N2O8/c1-6-24-16-9-7-8-15(21(16)28)22(29)25-20-14(5)31-19(27)11-17(13(4)32-23(20)30)33-18(26)10-12(2)3/h6-9,12-14,17,20,24,28H,1,10-11H2,2-5H3,(H,25,29)/t13-,14?,17?,20?/m0/s1. The van der Waals surface area contributed by atoms with E-state index < -0.39 is 48.2 Å². The summed E-state index contributed by atoms with van der Waals surface area (Å²) in [5.74, 6) is -3.18. The van der Waals surface area contributed by atoms with E-state index in [0.29, 0.717) is 0 Å². The van der Waals surface area contributed by atoms with Crippen LogP contribution < -0.4 is 10.6 Å². The molecule has 0 saturated carbocycles. The summed E-state index contributed by atoms with van der Waals surface area (Å²) in [7, 11) is 0. The summed E-state index contributed by atoms with van der Waals surface area (Å²) in [5, 5.41) is 15.5. The van der Waals surface area contributed by atoms with E-state index in [4.69, 9.17) is 14.2 Å². The smallest absolute Gasteiger partial charge is 0.332 e. The molecule has 0 aromatic heterocycles. The summed E-state index contributed by atoms with van der Waals surface area (Å²) >= 11 is 0. The first kappa shape index (κ1) is 25.7. The summed E-state index contributed by atoms with van der Waals surface area (Å²) in [6, 6.07) is 3.07. The lowest BCUT2D eigenvalue weighted by atomic mass is 10.1. The summed E-state index contributed by atoms with van der Waals surface area (Å²) in [4.78, 5) is 50.1. The van der Waals surface area contributed by atoms with Gasteiger partial charge in [0.2, 0.25) is 0 Å². The molecule has 1 aliphatic heterocycles. The van der Waals surface area contributed by atoms with Crippen LogP contribution in [-0.2, 0) is 28.6 Å². The van der Waals surface area contributed by atoms with Crippen molar-refractivity contribution in [3.8, 4) is 5.75 Å². The molecule has 0 radical (unpaired) electrons. The molecular formula is C23H30N2O8. The van der Waals surface area contributed by atoms with Crippen molar-refractivity contribution in [3.05, 3.63) is 36.5 Å². The molecule has 1 aromatic rings. The number of para-hydroxylation sites is 1. The number of amides is 1. The van der Waals surface area contributed by atoms with Gasteiger partial charge in [0.05, 0.1) is 17.7 Å². The van der Waals surface area contributed by atoms with E-state index in [1.165, 1.54) is 38.2 Å². The van der Waals surface area contributed by atoms with Gasteiger partial charge in [-0.25, -0.2) is 4.79 Å². The number of anilines is 1. The maximum atomic E-state index is 12.8. The average molecular weight is 462 g/mol. The third kappa shape index (κ3) is 6.96. The van der Waals surface area contributed by atoms with Crippen LogP contribution in [-0.4, -0.2) is 53.3 Å². The number of phenolic OH excluding ortho intramolecular Hbond substituents is 1. The second-order valence-corrected chi connectivity index (χ2v) is 8.17. The molecule has 4 atom stereocenters. The van der Waals surface area contributed by atoms with Gasteiger partial charge < -0.3 is 30.0 Å². The molecule has 10 heteroatoms. The lowest BCUT2D eigenvalue weighted by Crippen LogP contribution is -2.50. The molecule has 1 saturated heterocycles. The summed E-state index contributed by atoms with van der Waals surface area (Å²) in [5.41, 5.74) is 0.135. The van der Waals surface area contributed by atoms with Crippen LogP contribution in [0.1, 0.15) is 50.9 Å². The van der Waals surface area contributed by atoms with E-state index in [9.17, 15) is 24.3 Å². The first-order valence-corrected chi connectivity index (χ1v) is 10.6. The third-order valence-corrected chi connectivity index (χ3v) is 4.92. The second kappa shape index (κ2) is 11.3. The number of aromatic hydroxyl groups is 1. The Bertz CT molecular complexity index is 914.